The fourth-order valence-electron chi connectivity index (χ4n) is 2.86. The van der Waals surface area contributed by atoms with Crippen molar-refractivity contribution in [2.45, 2.75) is 26.3 Å². The molecule has 2 rings (SSSR count). The van der Waals surface area contributed by atoms with Gasteiger partial charge in [-0.25, -0.2) is 9.44 Å². The Morgan fingerprint density at radius 1 is 1.08 bits per heavy atom. The number of likely N-dealkylation sites (N-methyl/N-ethyl adjacent to an activating group) is 1. The zero-order chi connectivity index (χ0) is 17.6. The maximum atomic E-state index is 12.1. The van der Waals surface area contributed by atoms with E-state index >= 15 is 0 Å². The normalized spacial score (nSPS) is 18.6. The fourth-order valence-corrected chi connectivity index (χ4v) is 3.81. The number of hydrogen-bond acceptors (Lipinski definition) is 4. The third-order valence-electron chi connectivity index (χ3n) is 4.45. The number of piperazine rings is 1. The van der Waals surface area contributed by atoms with Crippen LogP contribution in [0.3, 0.4) is 0 Å². The number of aryl methyl sites for hydroxylation is 1. The maximum absolute atomic E-state index is 12.1. The van der Waals surface area contributed by atoms with E-state index in [9.17, 15) is 8.42 Å². The van der Waals surface area contributed by atoms with Crippen LogP contribution in [0.15, 0.2) is 24.3 Å². The molecule has 1 aliphatic heterocycles. The average Bonchev–Trinajstić information content (AvgIpc) is 2.56. The van der Waals surface area contributed by atoms with Crippen molar-refractivity contribution in [2.24, 2.45) is 0 Å². The number of nitrogens with zero attached hydrogens (tertiary/aromatic N) is 2. The molecule has 136 valence electrons. The predicted octanol–water partition coefficient (Wildman–Crippen LogP) is 1.12. The van der Waals surface area contributed by atoms with E-state index in [2.05, 4.69) is 57.5 Å². The monoisotopic (exact) mass is 354 g/mol. The van der Waals surface area contributed by atoms with Gasteiger partial charge in [0.1, 0.15) is 0 Å². The zero-order valence-electron chi connectivity index (χ0n) is 15.0. The number of nitrogens with one attached hydrogen (secondary N) is 2. The largest absolute Gasteiger partial charge is 0.304 e. The first kappa shape index (κ1) is 19.3. The van der Waals surface area contributed by atoms with Crippen LogP contribution in [0, 0.1) is 6.92 Å². The van der Waals surface area contributed by atoms with E-state index in [1.165, 1.54) is 5.56 Å². The van der Waals surface area contributed by atoms with Crippen LogP contribution >= 0.6 is 0 Å². The second kappa shape index (κ2) is 8.92. The first-order chi connectivity index (χ1) is 11.4. The van der Waals surface area contributed by atoms with Gasteiger partial charge in [0.15, 0.2) is 0 Å². The Labute approximate surface area is 146 Å². The summed E-state index contributed by atoms with van der Waals surface area (Å²) in [6.07, 6.45) is 0.779. The fraction of sp³-hybridized carbons (Fsp3) is 0.647. The van der Waals surface area contributed by atoms with Crippen molar-refractivity contribution in [3.8, 4) is 0 Å². The summed E-state index contributed by atoms with van der Waals surface area (Å²) in [6, 6.07) is 8.43. The minimum atomic E-state index is -3.44. The first-order valence-corrected chi connectivity index (χ1v) is 10.1. The van der Waals surface area contributed by atoms with Gasteiger partial charge >= 0.3 is 0 Å². The molecule has 2 N–H and O–H groups in total. The zero-order valence-corrected chi connectivity index (χ0v) is 15.8. The van der Waals surface area contributed by atoms with E-state index in [4.69, 9.17) is 0 Å². The van der Waals surface area contributed by atoms with Crippen molar-refractivity contribution < 1.29 is 8.42 Å². The van der Waals surface area contributed by atoms with Crippen LogP contribution in [-0.2, 0) is 10.2 Å². The van der Waals surface area contributed by atoms with Crippen LogP contribution in [-0.4, -0.2) is 64.5 Å². The molecule has 0 spiro atoms. The van der Waals surface area contributed by atoms with Crippen LogP contribution in [0.1, 0.15) is 30.5 Å². The molecule has 1 fully saturated rings. The summed E-state index contributed by atoms with van der Waals surface area (Å²) < 4.78 is 29.4. The van der Waals surface area contributed by atoms with Crippen LogP contribution in [0.4, 0.5) is 0 Å². The average molecular weight is 355 g/mol. The van der Waals surface area contributed by atoms with Gasteiger partial charge in [-0.15, -0.1) is 0 Å². The molecule has 1 aromatic rings. The SMILES string of the molecule is CCCNS(=O)(=O)NCC(c1ccc(C)cc1)N1CCN(C)CC1. The van der Waals surface area contributed by atoms with Crippen LogP contribution in [0.2, 0.25) is 0 Å². The molecule has 0 radical (unpaired) electrons. The number of benzene rings is 1. The van der Waals surface area contributed by atoms with E-state index in [1.807, 2.05) is 6.92 Å². The maximum Gasteiger partial charge on any atom is 0.276 e. The topological polar surface area (TPSA) is 64.7 Å². The van der Waals surface area contributed by atoms with Gasteiger partial charge in [0.05, 0.1) is 0 Å². The van der Waals surface area contributed by atoms with Crippen molar-refractivity contribution in [3.63, 3.8) is 0 Å². The third-order valence-corrected chi connectivity index (χ3v) is 5.58. The molecule has 1 aromatic carbocycles. The van der Waals surface area contributed by atoms with Gasteiger partial charge in [0.2, 0.25) is 0 Å². The smallest absolute Gasteiger partial charge is 0.276 e. The summed E-state index contributed by atoms with van der Waals surface area (Å²) in [5.41, 5.74) is 2.37. The molecule has 0 saturated carbocycles. The number of rotatable bonds is 8. The van der Waals surface area contributed by atoms with Gasteiger partial charge in [-0.05, 0) is 26.0 Å². The highest BCUT2D eigenvalue weighted by Crippen LogP contribution is 2.22. The predicted molar refractivity (Wildman–Crippen MR) is 98.2 cm³/mol. The summed E-state index contributed by atoms with van der Waals surface area (Å²) in [4.78, 5) is 4.67. The summed E-state index contributed by atoms with van der Waals surface area (Å²) in [6.45, 7) is 8.74. The molecule has 1 heterocycles. The van der Waals surface area contributed by atoms with Gasteiger partial charge in [-0.3, -0.25) is 4.90 Å². The summed E-state index contributed by atoms with van der Waals surface area (Å²) in [5.74, 6) is 0. The van der Waals surface area contributed by atoms with E-state index in [1.54, 1.807) is 0 Å². The van der Waals surface area contributed by atoms with Crippen LogP contribution in [0.5, 0.6) is 0 Å². The highest BCUT2D eigenvalue weighted by molar-refractivity contribution is 7.87. The van der Waals surface area contributed by atoms with Crippen molar-refractivity contribution >= 4 is 10.2 Å². The molecular weight excluding hydrogens is 324 g/mol. The Kier molecular flexibility index (Phi) is 7.18. The van der Waals surface area contributed by atoms with Gasteiger partial charge in [0.25, 0.3) is 10.2 Å². The van der Waals surface area contributed by atoms with Crippen molar-refractivity contribution in [2.75, 3.05) is 46.3 Å². The van der Waals surface area contributed by atoms with E-state index in [0.29, 0.717) is 13.1 Å². The highest BCUT2D eigenvalue weighted by Gasteiger charge is 2.25. The van der Waals surface area contributed by atoms with E-state index < -0.39 is 10.2 Å². The molecule has 1 saturated heterocycles. The molecule has 0 aliphatic carbocycles. The first-order valence-electron chi connectivity index (χ1n) is 8.64. The van der Waals surface area contributed by atoms with Crippen molar-refractivity contribution in [1.29, 1.82) is 0 Å². The Balaban J connectivity index is 2.09. The van der Waals surface area contributed by atoms with Gasteiger partial charge < -0.3 is 4.90 Å². The number of hydrogen-bond donors (Lipinski definition) is 2. The third kappa shape index (κ3) is 5.82. The highest BCUT2D eigenvalue weighted by atomic mass is 32.2. The molecule has 1 unspecified atom stereocenters. The van der Waals surface area contributed by atoms with Crippen LogP contribution < -0.4 is 9.44 Å². The molecule has 1 atom stereocenters. The molecule has 0 bridgehead atoms. The summed E-state index contributed by atoms with van der Waals surface area (Å²) >= 11 is 0. The molecular formula is C17H30N4O2S. The van der Waals surface area contributed by atoms with Gasteiger partial charge in [-0.1, -0.05) is 36.8 Å². The Morgan fingerprint density at radius 2 is 1.71 bits per heavy atom. The van der Waals surface area contributed by atoms with Gasteiger partial charge in [0, 0.05) is 45.3 Å². The van der Waals surface area contributed by atoms with Crippen molar-refractivity contribution in [1.82, 2.24) is 19.2 Å². The lowest BCUT2D eigenvalue weighted by Crippen LogP contribution is -2.49. The molecule has 0 amide bonds. The summed E-state index contributed by atoms with van der Waals surface area (Å²) in [5, 5.41) is 0. The Hall–Kier alpha value is -0.990. The van der Waals surface area contributed by atoms with E-state index in [-0.39, 0.29) is 6.04 Å². The minimum absolute atomic E-state index is 0.0532. The van der Waals surface area contributed by atoms with Gasteiger partial charge in [-0.2, -0.15) is 8.42 Å². The second-order valence-electron chi connectivity index (χ2n) is 6.51. The summed E-state index contributed by atoms with van der Waals surface area (Å²) in [7, 11) is -1.32. The molecule has 1 aliphatic rings. The molecule has 7 heteroatoms. The Morgan fingerprint density at radius 3 is 2.29 bits per heavy atom. The standard InChI is InChI=1S/C17H30N4O2S/c1-4-9-18-24(22,23)19-14-17(16-7-5-15(2)6-8-16)21-12-10-20(3)11-13-21/h5-8,17-19H,4,9-14H2,1-3H3. The lowest BCUT2D eigenvalue weighted by atomic mass is 10.0. The van der Waals surface area contributed by atoms with E-state index in [0.717, 1.165) is 38.2 Å². The lowest BCUT2D eigenvalue weighted by molar-refractivity contribution is 0.113. The quantitative estimate of drug-likeness (QED) is 0.734. The Bertz CT molecular complexity index is 596. The lowest BCUT2D eigenvalue weighted by Gasteiger charge is -2.38. The van der Waals surface area contributed by atoms with Crippen molar-refractivity contribution in [3.05, 3.63) is 35.4 Å². The molecule has 0 aromatic heterocycles. The second-order valence-corrected chi connectivity index (χ2v) is 8.10. The molecule has 24 heavy (non-hydrogen) atoms. The minimum Gasteiger partial charge on any atom is -0.304 e. The van der Waals surface area contributed by atoms with Crippen LogP contribution in [0.25, 0.3) is 0 Å². The molecule has 6 nitrogen and oxygen atoms in total.